The third kappa shape index (κ3) is 3.16. The highest BCUT2D eigenvalue weighted by Crippen LogP contribution is 2.51. The van der Waals surface area contributed by atoms with Crippen molar-refractivity contribution in [3.63, 3.8) is 0 Å². The van der Waals surface area contributed by atoms with Crippen LogP contribution in [0.2, 0.25) is 0 Å². The van der Waals surface area contributed by atoms with Gasteiger partial charge in [-0.1, -0.05) is 29.8 Å². The molecule has 0 aliphatic heterocycles. The van der Waals surface area contributed by atoms with Crippen LogP contribution >= 0.6 is 11.6 Å². The van der Waals surface area contributed by atoms with Crippen molar-refractivity contribution in [1.82, 2.24) is 34.8 Å². The average Bonchev–Trinajstić information content (AvgIpc) is 3.15. The fourth-order valence-corrected chi connectivity index (χ4v) is 4.05. The molecule has 1 unspecified atom stereocenters. The molecule has 1 fully saturated rings. The van der Waals surface area contributed by atoms with E-state index in [1.54, 1.807) is 18.6 Å². The van der Waals surface area contributed by atoms with E-state index in [0.717, 1.165) is 35.7 Å². The predicted octanol–water partition coefficient (Wildman–Crippen LogP) is 2.72. The summed E-state index contributed by atoms with van der Waals surface area (Å²) in [6.45, 7) is 4.15. The van der Waals surface area contributed by atoms with Crippen molar-refractivity contribution in [3.05, 3.63) is 58.8 Å². The third-order valence-electron chi connectivity index (χ3n) is 5.69. The molecule has 0 bridgehead atoms. The van der Waals surface area contributed by atoms with Gasteiger partial charge in [0.05, 0.1) is 17.6 Å². The summed E-state index contributed by atoms with van der Waals surface area (Å²) in [5, 5.41) is 33.4. The largest absolute Gasteiger partial charge is 0.386 e. The maximum atomic E-state index is 10.5. The molecule has 0 spiro atoms. The molecule has 3 aromatic heterocycles. The van der Waals surface area contributed by atoms with E-state index in [9.17, 15) is 5.11 Å². The molecule has 0 aromatic carbocycles. The number of nitrogens with zero attached hydrogens (tertiary/aromatic N) is 7. The molecule has 29 heavy (non-hydrogen) atoms. The molecular formula is C20H22ClN7O. The summed E-state index contributed by atoms with van der Waals surface area (Å²) in [5.41, 5.74) is 0.0173. The van der Waals surface area contributed by atoms with Gasteiger partial charge < -0.3 is 5.11 Å². The first-order valence-electron chi connectivity index (χ1n) is 9.76. The van der Waals surface area contributed by atoms with Crippen molar-refractivity contribution in [2.24, 2.45) is 5.92 Å². The van der Waals surface area contributed by atoms with Gasteiger partial charge in [-0.2, -0.15) is 4.80 Å². The summed E-state index contributed by atoms with van der Waals surface area (Å²) in [6.07, 6.45) is 10.6. The topological polar surface area (TPSA) is 94.0 Å². The van der Waals surface area contributed by atoms with Crippen molar-refractivity contribution in [3.8, 4) is 0 Å². The number of allylic oxidation sites excluding steroid dienone is 4. The van der Waals surface area contributed by atoms with Crippen LogP contribution in [-0.2, 0) is 17.6 Å². The number of rotatable bonds is 5. The molecule has 3 heterocycles. The Labute approximate surface area is 172 Å². The lowest BCUT2D eigenvalue weighted by atomic mass is 9.99. The fourth-order valence-electron chi connectivity index (χ4n) is 3.89. The number of fused-ring (bicyclic) bond motifs is 1. The van der Waals surface area contributed by atoms with E-state index >= 15 is 0 Å². The van der Waals surface area contributed by atoms with Crippen molar-refractivity contribution in [1.29, 1.82) is 0 Å². The molecule has 1 N–H and O–H groups in total. The van der Waals surface area contributed by atoms with E-state index in [0.29, 0.717) is 23.9 Å². The molecule has 0 saturated heterocycles. The Morgan fingerprint density at radius 2 is 2.10 bits per heavy atom. The van der Waals surface area contributed by atoms with Gasteiger partial charge in [0.25, 0.3) is 0 Å². The van der Waals surface area contributed by atoms with Gasteiger partial charge in [0.2, 0.25) is 0 Å². The van der Waals surface area contributed by atoms with Gasteiger partial charge in [0.1, 0.15) is 0 Å². The lowest BCUT2D eigenvalue weighted by Crippen LogP contribution is -2.19. The Bertz CT molecular complexity index is 1130. The maximum Gasteiger partial charge on any atom is 0.188 e. The van der Waals surface area contributed by atoms with Gasteiger partial charge in [0, 0.05) is 22.7 Å². The van der Waals surface area contributed by atoms with Crippen LogP contribution in [0.4, 0.5) is 0 Å². The van der Waals surface area contributed by atoms with Crippen LogP contribution in [0.15, 0.2) is 41.6 Å². The van der Waals surface area contributed by atoms with Gasteiger partial charge >= 0.3 is 0 Å². The quantitative estimate of drug-likeness (QED) is 0.693. The van der Waals surface area contributed by atoms with E-state index in [1.165, 1.54) is 0 Å². The van der Waals surface area contributed by atoms with Crippen LogP contribution in [-0.4, -0.2) is 39.9 Å². The lowest BCUT2D eigenvalue weighted by Gasteiger charge is -2.18. The molecule has 5 rings (SSSR count). The maximum absolute atomic E-state index is 10.5. The normalized spacial score (nSPS) is 20.8. The van der Waals surface area contributed by atoms with Crippen LogP contribution < -0.4 is 0 Å². The van der Waals surface area contributed by atoms with E-state index in [4.69, 9.17) is 11.6 Å². The zero-order chi connectivity index (χ0) is 20.2. The standard InChI is InChI=1S/C20H22ClN7O/c1-19(2,29)15-4-3-11-27-16(15)22-24-18(27)20(9-10-20)17-23-26-28(25-17)12-13-5-7-14(21)8-6-13/h3-5,7-8,11,13,29H,6,9-10,12H2,1-2H3. The highest BCUT2D eigenvalue weighted by molar-refractivity contribution is 6.31. The number of halogens is 1. The van der Waals surface area contributed by atoms with E-state index in [-0.39, 0.29) is 5.41 Å². The highest BCUT2D eigenvalue weighted by atomic mass is 35.5. The third-order valence-corrected chi connectivity index (χ3v) is 5.97. The minimum Gasteiger partial charge on any atom is -0.386 e. The molecule has 2 aliphatic carbocycles. The molecule has 150 valence electrons. The Morgan fingerprint density at radius 1 is 1.28 bits per heavy atom. The van der Waals surface area contributed by atoms with Crippen molar-refractivity contribution in [2.45, 2.75) is 50.7 Å². The summed E-state index contributed by atoms with van der Waals surface area (Å²) in [5.74, 6) is 1.78. The zero-order valence-electron chi connectivity index (χ0n) is 16.3. The summed E-state index contributed by atoms with van der Waals surface area (Å²) < 4.78 is 1.94. The number of tetrazole rings is 1. The second-order valence-corrected chi connectivity index (χ2v) is 8.83. The predicted molar refractivity (Wildman–Crippen MR) is 107 cm³/mol. The number of hydrogen-bond acceptors (Lipinski definition) is 6. The molecule has 1 atom stereocenters. The second kappa shape index (κ2) is 6.47. The summed E-state index contributed by atoms with van der Waals surface area (Å²) in [7, 11) is 0. The molecule has 9 heteroatoms. The van der Waals surface area contributed by atoms with E-state index in [1.807, 2.05) is 34.9 Å². The molecule has 3 aromatic rings. The van der Waals surface area contributed by atoms with E-state index in [2.05, 4.69) is 31.7 Å². The SMILES string of the molecule is CC(C)(O)c1cccn2c(C3(c4nnn(CC5C=CC(Cl)=CC5)n4)CC3)nnc12. The fraction of sp³-hybridized carbons (Fsp3) is 0.450. The minimum atomic E-state index is -1.00. The smallest absolute Gasteiger partial charge is 0.188 e. The Kier molecular flexibility index (Phi) is 4.11. The van der Waals surface area contributed by atoms with Crippen LogP contribution in [0.1, 0.15) is 50.3 Å². The number of aliphatic hydroxyl groups is 1. The van der Waals surface area contributed by atoms with Crippen molar-refractivity contribution >= 4 is 17.2 Å². The second-order valence-electron chi connectivity index (χ2n) is 8.39. The van der Waals surface area contributed by atoms with Crippen LogP contribution in [0, 0.1) is 5.92 Å². The Morgan fingerprint density at radius 3 is 2.79 bits per heavy atom. The van der Waals surface area contributed by atoms with E-state index < -0.39 is 5.60 Å². The van der Waals surface area contributed by atoms with Crippen molar-refractivity contribution in [2.75, 3.05) is 0 Å². The summed E-state index contributed by atoms with van der Waals surface area (Å²) in [4.78, 5) is 1.66. The first kappa shape index (κ1) is 18.4. The van der Waals surface area contributed by atoms with Gasteiger partial charge in [-0.15, -0.1) is 20.4 Å². The molecular weight excluding hydrogens is 390 g/mol. The van der Waals surface area contributed by atoms with Crippen LogP contribution in [0.3, 0.4) is 0 Å². The average molecular weight is 412 g/mol. The van der Waals surface area contributed by atoms with Crippen LogP contribution in [0.25, 0.3) is 5.65 Å². The summed E-state index contributed by atoms with van der Waals surface area (Å²) >= 11 is 5.99. The Balaban J connectivity index is 1.46. The lowest BCUT2D eigenvalue weighted by molar-refractivity contribution is 0.0796. The Hall–Kier alpha value is -2.58. The monoisotopic (exact) mass is 411 g/mol. The highest BCUT2D eigenvalue weighted by Gasteiger charge is 2.53. The molecule has 8 nitrogen and oxygen atoms in total. The number of hydrogen-bond donors (Lipinski definition) is 1. The van der Waals surface area contributed by atoms with Crippen molar-refractivity contribution < 1.29 is 5.11 Å². The van der Waals surface area contributed by atoms with Gasteiger partial charge in [0.15, 0.2) is 17.3 Å². The molecule has 0 radical (unpaired) electrons. The first-order valence-corrected chi connectivity index (χ1v) is 10.1. The summed E-state index contributed by atoms with van der Waals surface area (Å²) in [6, 6.07) is 3.78. The molecule has 1 saturated carbocycles. The van der Waals surface area contributed by atoms with Gasteiger partial charge in [-0.3, -0.25) is 4.40 Å². The van der Waals surface area contributed by atoms with Crippen LogP contribution in [0.5, 0.6) is 0 Å². The number of aromatic nitrogens is 7. The van der Waals surface area contributed by atoms with Gasteiger partial charge in [-0.25, -0.2) is 0 Å². The van der Waals surface area contributed by atoms with Gasteiger partial charge in [-0.05, 0) is 50.5 Å². The molecule has 0 amide bonds. The minimum absolute atomic E-state index is 0.304. The first-order chi connectivity index (χ1) is 13.9. The number of pyridine rings is 1. The molecule has 2 aliphatic rings. The zero-order valence-corrected chi connectivity index (χ0v) is 17.1.